The molecule has 1 aromatic carbocycles. The van der Waals surface area contributed by atoms with Gasteiger partial charge in [-0.1, -0.05) is 11.6 Å². The topological polar surface area (TPSA) is 66.5 Å². The fourth-order valence-corrected chi connectivity index (χ4v) is 3.35. The zero-order valence-electron chi connectivity index (χ0n) is 13.4. The van der Waals surface area contributed by atoms with E-state index in [1.807, 2.05) is 0 Å². The molecule has 0 aromatic heterocycles. The molecule has 0 saturated carbocycles. The zero-order chi connectivity index (χ0) is 17.7. The smallest absolute Gasteiger partial charge is 0.241 e. The Morgan fingerprint density at radius 2 is 2.00 bits per heavy atom. The molecule has 1 aromatic rings. The minimum Gasteiger partial charge on any atom is -0.351 e. The molecule has 132 valence electrons. The van der Waals surface area contributed by atoms with Crippen molar-refractivity contribution in [2.24, 2.45) is 0 Å². The Morgan fingerprint density at radius 3 is 2.58 bits per heavy atom. The molecule has 0 heterocycles. The maximum Gasteiger partial charge on any atom is 0.241 e. The molecule has 2 rings (SSSR count). The summed E-state index contributed by atoms with van der Waals surface area (Å²) in [5.74, 6) is -2.76. The van der Waals surface area contributed by atoms with Gasteiger partial charge in [0.05, 0.1) is 11.9 Å². The monoisotopic (exact) mass is 358 g/mol. The van der Waals surface area contributed by atoms with Crippen molar-refractivity contribution < 1.29 is 22.0 Å². The van der Waals surface area contributed by atoms with Gasteiger partial charge in [-0.2, -0.15) is 0 Å². The second-order valence-electron chi connectivity index (χ2n) is 5.75. The maximum absolute atomic E-state index is 13.4. The van der Waals surface area contributed by atoms with Crippen LogP contribution in [0.3, 0.4) is 0 Å². The molecule has 0 unspecified atom stereocenters. The van der Waals surface area contributed by atoms with Crippen LogP contribution in [0.15, 0.2) is 29.8 Å². The first-order chi connectivity index (χ1) is 11.3. The van der Waals surface area contributed by atoms with Crippen molar-refractivity contribution in [3.63, 3.8) is 0 Å². The number of amides is 1. The summed E-state index contributed by atoms with van der Waals surface area (Å²) < 4.78 is 50.9. The van der Waals surface area contributed by atoms with Crippen molar-refractivity contribution in [3.05, 3.63) is 41.5 Å². The second kappa shape index (κ2) is 7.74. The van der Waals surface area contributed by atoms with E-state index >= 15 is 0 Å². The van der Waals surface area contributed by atoms with E-state index in [9.17, 15) is 22.0 Å². The van der Waals surface area contributed by atoms with Crippen LogP contribution in [0.1, 0.15) is 25.7 Å². The molecule has 0 bridgehead atoms. The molecule has 5 nitrogen and oxygen atoms in total. The lowest BCUT2D eigenvalue weighted by Crippen LogP contribution is -2.41. The van der Waals surface area contributed by atoms with Gasteiger partial charge in [0.2, 0.25) is 15.9 Å². The van der Waals surface area contributed by atoms with Crippen LogP contribution < -0.4 is 9.62 Å². The van der Waals surface area contributed by atoms with Gasteiger partial charge in [0.1, 0.15) is 6.54 Å². The maximum atomic E-state index is 13.4. The summed E-state index contributed by atoms with van der Waals surface area (Å²) in [5, 5.41) is 2.67. The van der Waals surface area contributed by atoms with Crippen molar-refractivity contribution in [1.82, 2.24) is 5.32 Å². The quantitative estimate of drug-likeness (QED) is 0.794. The number of benzene rings is 1. The highest BCUT2D eigenvalue weighted by Crippen LogP contribution is 2.20. The van der Waals surface area contributed by atoms with Crippen LogP contribution >= 0.6 is 0 Å². The lowest BCUT2D eigenvalue weighted by Gasteiger charge is -2.22. The van der Waals surface area contributed by atoms with Gasteiger partial charge in [0.15, 0.2) is 11.6 Å². The number of anilines is 1. The lowest BCUT2D eigenvalue weighted by atomic mass is 10.00. The Hall–Kier alpha value is -1.96. The second-order valence-corrected chi connectivity index (χ2v) is 7.66. The third kappa shape index (κ3) is 5.02. The highest BCUT2D eigenvalue weighted by atomic mass is 32.2. The van der Waals surface area contributed by atoms with Crippen molar-refractivity contribution in [1.29, 1.82) is 0 Å². The summed E-state index contributed by atoms with van der Waals surface area (Å²) in [5.41, 5.74) is 1.02. The number of hydrogen-bond donors (Lipinski definition) is 1. The van der Waals surface area contributed by atoms with Gasteiger partial charge < -0.3 is 5.32 Å². The summed E-state index contributed by atoms with van der Waals surface area (Å²) >= 11 is 0. The van der Waals surface area contributed by atoms with E-state index < -0.39 is 34.1 Å². The van der Waals surface area contributed by atoms with Gasteiger partial charge in [-0.15, -0.1) is 0 Å². The predicted octanol–water partition coefficient (Wildman–Crippen LogP) is 2.35. The van der Waals surface area contributed by atoms with E-state index in [4.69, 9.17) is 0 Å². The highest BCUT2D eigenvalue weighted by Gasteiger charge is 2.22. The first kappa shape index (κ1) is 18.4. The van der Waals surface area contributed by atoms with E-state index in [1.165, 1.54) is 0 Å². The first-order valence-corrected chi connectivity index (χ1v) is 9.49. The summed E-state index contributed by atoms with van der Waals surface area (Å²) in [4.78, 5) is 12.1. The van der Waals surface area contributed by atoms with Crippen LogP contribution in [0.25, 0.3) is 0 Å². The summed E-state index contributed by atoms with van der Waals surface area (Å²) in [6.45, 7) is -0.120. The largest absolute Gasteiger partial charge is 0.351 e. The minimum absolute atomic E-state index is 0.0940. The van der Waals surface area contributed by atoms with Crippen LogP contribution in [0.5, 0.6) is 0 Å². The summed E-state index contributed by atoms with van der Waals surface area (Å²) in [6.07, 6.45) is 7.09. The Morgan fingerprint density at radius 1 is 1.25 bits per heavy atom. The van der Waals surface area contributed by atoms with E-state index in [2.05, 4.69) is 11.4 Å². The number of rotatable bonds is 6. The molecule has 1 N–H and O–H groups in total. The van der Waals surface area contributed by atoms with Gasteiger partial charge in [-0.3, -0.25) is 9.10 Å². The number of halogens is 2. The van der Waals surface area contributed by atoms with Crippen molar-refractivity contribution in [2.75, 3.05) is 23.7 Å². The molecule has 0 saturated heterocycles. The first-order valence-electron chi connectivity index (χ1n) is 7.65. The van der Waals surface area contributed by atoms with Crippen molar-refractivity contribution in [3.8, 4) is 0 Å². The Bertz CT molecular complexity index is 748. The number of nitrogens with one attached hydrogen (secondary N) is 1. The Labute approximate surface area is 140 Å². The van der Waals surface area contributed by atoms with Crippen LogP contribution in [-0.4, -0.2) is 33.7 Å². The third-order valence-corrected chi connectivity index (χ3v) is 4.92. The van der Waals surface area contributed by atoms with Crippen LogP contribution in [-0.2, 0) is 14.8 Å². The number of sulfonamides is 1. The number of allylic oxidation sites excluding steroid dienone is 1. The average molecular weight is 358 g/mol. The van der Waals surface area contributed by atoms with Crippen molar-refractivity contribution in [2.45, 2.75) is 25.7 Å². The molecule has 24 heavy (non-hydrogen) atoms. The molecule has 0 radical (unpaired) electrons. The number of carbonyl (C=O) groups excluding carboxylic acids is 1. The third-order valence-electron chi connectivity index (χ3n) is 3.78. The summed E-state index contributed by atoms with van der Waals surface area (Å²) in [6, 6.07) is 2.71. The van der Waals surface area contributed by atoms with Crippen molar-refractivity contribution >= 4 is 21.6 Å². The normalized spacial score (nSPS) is 14.9. The number of carbonyl (C=O) groups is 1. The minimum atomic E-state index is -3.82. The molecular formula is C16H20F2N2O3S. The summed E-state index contributed by atoms with van der Waals surface area (Å²) in [7, 11) is -3.82. The van der Waals surface area contributed by atoms with E-state index in [0.29, 0.717) is 6.54 Å². The van der Waals surface area contributed by atoms with Gasteiger partial charge in [0.25, 0.3) is 0 Å². The lowest BCUT2D eigenvalue weighted by molar-refractivity contribution is -0.119. The van der Waals surface area contributed by atoms with Crippen LogP contribution in [0.4, 0.5) is 14.5 Å². The molecule has 1 aliphatic rings. The van der Waals surface area contributed by atoms with Gasteiger partial charge in [-0.25, -0.2) is 17.2 Å². The number of hydrogen-bond acceptors (Lipinski definition) is 3. The molecule has 0 aliphatic heterocycles. The predicted molar refractivity (Wildman–Crippen MR) is 88.1 cm³/mol. The molecule has 0 atom stereocenters. The molecule has 1 amide bonds. The van der Waals surface area contributed by atoms with Gasteiger partial charge >= 0.3 is 0 Å². The highest BCUT2D eigenvalue weighted by molar-refractivity contribution is 7.92. The number of nitrogens with zero attached hydrogens (tertiary/aromatic N) is 1. The Kier molecular flexibility index (Phi) is 5.93. The average Bonchev–Trinajstić information content (AvgIpc) is 2.53. The molecule has 0 spiro atoms. The molecule has 8 heteroatoms. The molecule has 1 aliphatic carbocycles. The fraction of sp³-hybridized carbons (Fsp3) is 0.438. The molecule has 0 fully saturated rings. The molecular weight excluding hydrogens is 338 g/mol. The standard InChI is InChI=1S/C16H20F2N2O3S/c1-24(22,23)20(13-7-8-14(17)15(18)9-13)11-16(21)19-10-12-5-3-2-4-6-12/h5,7-9H,2-4,6,10-11H2,1H3,(H,19,21). The zero-order valence-corrected chi connectivity index (χ0v) is 14.2. The van der Waals surface area contributed by atoms with Crippen LogP contribution in [0, 0.1) is 11.6 Å². The van der Waals surface area contributed by atoms with E-state index in [-0.39, 0.29) is 5.69 Å². The SMILES string of the molecule is CS(=O)(=O)N(CC(=O)NCC1=CCCCC1)c1ccc(F)c(F)c1. The van der Waals surface area contributed by atoms with E-state index in [1.54, 1.807) is 0 Å². The van der Waals surface area contributed by atoms with Gasteiger partial charge in [-0.05, 0) is 37.8 Å². The van der Waals surface area contributed by atoms with E-state index in [0.717, 1.165) is 60.0 Å². The van der Waals surface area contributed by atoms with Crippen LogP contribution in [0.2, 0.25) is 0 Å². The fourth-order valence-electron chi connectivity index (χ4n) is 2.50. The van der Waals surface area contributed by atoms with Gasteiger partial charge in [0, 0.05) is 12.6 Å². The Balaban J connectivity index is 2.07.